The summed E-state index contributed by atoms with van der Waals surface area (Å²) >= 11 is 0. The normalized spacial score (nSPS) is 19.6. The van der Waals surface area contributed by atoms with Crippen molar-refractivity contribution in [3.63, 3.8) is 0 Å². The Kier molecular flexibility index (Phi) is 2.68. The molecule has 1 aromatic carbocycles. The van der Waals surface area contributed by atoms with Gasteiger partial charge >= 0.3 is 5.97 Å². The Labute approximate surface area is 90.4 Å². The van der Waals surface area contributed by atoms with Gasteiger partial charge in [0.1, 0.15) is 17.7 Å². The molecule has 0 saturated heterocycles. The van der Waals surface area contributed by atoms with Crippen LogP contribution in [0.15, 0.2) is 23.2 Å². The Bertz CT molecular complexity index is 451. The molecule has 0 bridgehead atoms. The second-order valence-electron chi connectivity index (χ2n) is 3.63. The number of benzene rings is 1. The van der Waals surface area contributed by atoms with Gasteiger partial charge in [-0.3, -0.25) is 4.99 Å². The molecule has 1 aliphatic heterocycles. The number of carboxylic acids is 1. The Balaban J connectivity index is 2.32. The third kappa shape index (κ3) is 2.08. The van der Waals surface area contributed by atoms with E-state index in [1.807, 2.05) is 0 Å². The van der Waals surface area contributed by atoms with Crippen LogP contribution in [-0.4, -0.2) is 22.8 Å². The van der Waals surface area contributed by atoms with Crippen LogP contribution >= 0.6 is 0 Å². The van der Waals surface area contributed by atoms with E-state index in [-0.39, 0.29) is 0 Å². The maximum atomic E-state index is 12.9. The predicted molar refractivity (Wildman–Crippen MR) is 53.6 cm³/mol. The summed E-state index contributed by atoms with van der Waals surface area (Å²) in [5, 5.41) is 8.73. The third-order valence-electron chi connectivity index (χ3n) is 2.45. The highest BCUT2D eigenvalue weighted by Crippen LogP contribution is 2.20. The summed E-state index contributed by atoms with van der Waals surface area (Å²) in [5.74, 6) is -2.38. The third-order valence-corrected chi connectivity index (χ3v) is 2.45. The summed E-state index contributed by atoms with van der Waals surface area (Å²) in [6.07, 6.45) is 0.808. The van der Waals surface area contributed by atoms with Gasteiger partial charge in [0.25, 0.3) is 0 Å². The van der Waals surface area contributed by atoms with Crippen LogP contribution in [0, 0.1) is 11.6 Å². The number of carboxylic acid groups (broad SMARTS) is 1. The lowest BCUT2D eigenvalue weighted by Gasteiger charge is -2.00. The molecule has 0 amide bonds. The zero-order chi connectivity index (χ0) is 11.7. The average molecular weight is 225 g/mol. The van der Waals surface area contributed by atoms with Crippen LogP contribution in [0.1, 0.15) is 18.4 Å². The molecule has 2 rings (SSSR count). The van der Waals surface area contributed by atoms with E-state index in [0.717, 1.165) is 18.2 Å². The molecule has 0 radical (unpaired) electrons. The van der Waals surface area contributed by atoms with Crippen molar-refractivity contribution in [3.05, 3.63) is 35.4 Å². The van der Waals surface area contributed by atoms with Gasteiger partial charge in [0, 0.05) is 17.3 Å². The van der Waals surface area contributed by atoms with Crippen LogP contribution in [-0.2, 0) is 4.79 Å². The van der Waals surface area contributed by atoms with Crippen molar-refractivity contribution in [2.75, 3.05) is 0 Å². The highest BCUT2D eigenvalue weighted by atomic mass is 19.1. The lowest BCUT2D eigenvalue weighted by molar-refractivity contribution is -0.138. The van der Waals surface area contributed by atoms with Gasteiger partial charge in [0.05, 0.1) is 0 Å². The molecular formula is C11H9F2NO2. The minimum atomic E-state index is -1.01. The number of halogens is 2. The molecule has 0 spiro atoms. The second-order valence-corrected chi connectivity index (χ2v) is 3.63. The number of rotatable bonds is 2. The number of aliphatic imine (C=N–C) groups is 1. The van der Waals surface area contributed by atoms with Crippen LogP contribution < -0.4 is 0 Å². The molecular weight excluding hydrogens is 216 g/mol. The van der Waals surface area contributed by atoms with Crippen LogP contribution in [0.5, 0.6) is 0 Å². The zero-order valence-corrected chi connectivity index (χ0v) is 8.28. The summed E-state index contributed by atoms with van der Waals surface area (Å²) < 4.78 is 25.9. The Morgan fingerprint density at radius 1 is 1.31 bits per heavy atom. The van der Waals surface area contributed by atoms with E-state index in [2.05, 4.69) is 4.99 Å². The fourth-order valence-corrected chi connectivity index (χ4v) is 1.71. The van der Waals surface area contributed by atoms with E-state index in [9.17, 15) is 13.6 Å². The lowest BCUT2D eigenvalue weighted by atomic mass is 10.1. The molecule has 0 saturated carbocycles. The van der Waals surface area contributed by atoms with Gasteiger partial charge < -0.3 is 5.11 Å². The Hall–Kier alpha value is -1.78. The molecule has 1 N–H and O–H groups in total. The summed E-state index contributed by atoms with van der Waals surface area (Å²) in [7, 11) is 0. The minimum Gasteiger partial charge on any atom is -0.480 e. The van der Waals surface area contributed by atoms with Gasteiger partial charge in [-0.1, -0.05) is 0 Å². The number of hydrogen-bond acceptors (Lipinski definition) is 2. The number of hydrogen-bond donors (Lipinski definition) is 1. The van der Waals surface area contributed by atoms with Crippen molar-refractivity contribution < 1.29 is 18.7 Å². The van der Waals surface area contributed by atoms with Crippen LogP contribution in [0.25, 0.3) is 0 Å². The number of aliphatic carboxylic acids is 1. The van der Waals surface area contributed by atoms with Crippen molar-refractivity contribution in [3.8, 4) is 0 Å². The molecule has 1 aromatic rings. The first kappa shape index (κ1) is 10.7. The molecule has 5 heteroatoms. The summed E-state index contributed by atoms with van der Waals surface area (Å²) in [4.78, 5) is 14.6. The molecule has 1 aliphatic rings. The first-order valence-corrected chi connectivity index (χ1v) is 4.82. The molecule has 0 aliphatic carbocycles. The zero-order valence-electron chi connectivity index (χ0n) is 8.28. The van der Waals surface area contributed by atoms with Gasteiger partial charge in [-0.05, 0) is 25.0 Å². The maximum Gasteiger partial charge on any atom is 0.328 e. The first-order valence-electron chi connectivity index (χ1n) is 4.82. The molecule has 3 nitrogen and oxygen atoms in total. The van der Waals surface area contributed by atoms with E-state index >= 15 is 0 Å². The first-order chi connectivity index (χ1) is 7.56. The van der Waals surface area contributed by atoms with Crippen LogP contribution in [0.2, 0.25) is 0 Å². The van der Waals surface area contributed by atoms with Gasteiger partial charge in [0.15, 0.2) is 0 Å². The van der Waals surface area contributed by atoms with E-state index in [1.165, 1.54) is 0 Å². The summed E-state index contributed by atoms with van der Waals surface area (Å²) in [5.41, 5.74) is 0.770. The molecule has 0 fully saturated rings. The monoisotopic (exact) mass is 225 g/mol. The Morgan fingerprint density at radius 2 is 1.94 bits per heavy atom. The number of carbonyl (C=O) groups is 1. The lowest BCUT2D eigenvalue weighted by Crippen LogP contribution is -2.13. The highest BCUT2D eigenvalue weighted by Gasteiger charge is 2.24. The van der Waals surface area contributed by atoms with Crippen LogP contribution in [0.3, 0.4) is 0 Å². The number of nitrogens with zero attached hydrogens (tertiary/aromatic N) is 1. The van der Waals surface area contributed by atoms with Crippen molar-refractivity contribution >= 4 is 11.7 Å². The van der Waals surface area contributed by atoms with Crippen molar-refractivity contribution in [1.29, 1.82) is 0 Å². The molecule has 1 unspecified atom stereocenters. The molecule has 0 aromatic heterocycles. The SMILES string of the molecule is O=C(O)C1CCC(c2cc(F)cc(F)c2)=N1. The van der Waals surface area contributed by atoms with Crippen molar-refractivity contribution in [2.24, 2.45) is 4.99 Å². The van der Waals surface area contributed by atoms with Gasteiger partial charge in [0.2, 0.25) is 0 Å². The topological polar surface area (TPSA) is 49.7 Å². The molecule has 84 valence electrons. The van der Waals surface area contributed by atoms with Crippen molar-refractivity contribution in [2.45, 2.75) is 18.9 Å². The summed E-state index contributed by atoms with van der Waals surface area (Å²) in [6.45, 7) is 0. The van der Waals surface area contributed by atoms with Gasteiger partial charge in [-0.15, -0.1) is 0 Å². The molecule has 1 atom stereocenters. The largest absolute Gasteiger partial charge is 0.480 e. The second kappa shape index (κ2) is 4.00. The van der Waals surface area contributed by atoms with Gasteiger partial charge in [-0.2, -0.15) is 0 Å². The van der Waals surface area contributed by atoms with E-state index < -0.39 is 23.6 Å². The smallest absolute Gasteiger partial charge is 0.328 e. The minimum absolute atomic E-state index is 0.321. The fourth-order valence-electron chi connectivity index (χ4n) is 1.71. The molecule has 16 heavy (non-hydrogen) atoms. The van der Waals surface area contributed by atoms with E-state index in [1.54, 1.807) is 0 Å². The van der Waals surface area contributed by atoms with E-state index in [4.69, 9.17) is 5.11 Å². The Morgan fingerprint density at radius 3 is 2.44 bits per heavy atom. The van der Waals surface area contributed by atoms with Crippen molar-refractivity contribution in [1.82, 2.24) is 0 Å². The predicted octanol–water partition coefficient (Wildman–Crippen LogP) is 2.00. The molecule has 1 heterocycles. The quantitative estimate of drug-likeness (QED) is 0.836. The standard InChI is InChI=1S/C11H9F2NO2/c12-7-3-6(4-8(13)5-7)9-1-2-10(14-9)11(15)16/h3-5,10H,1-2H2,(H,15,16). The summed E-state index contributed by atoms with van der Waals surface area (Å²) in [6, 6.07) is 2.30. The fraction of sp³-hybridized carbons (Fsp3) is 0.273. The average Bonchev–Trinajstić information content (AvgIpc) is 2.64. The maximum absolute atomic E-state index is 12.9. The van der Waals surface area contributed by atoms with Crippen LogP contribution in [0.4, 0.5) is 8.78 Å². The van der Waals surface area contributed by atoms with E-state index in [0.29, 0.717) is 24.1 Å². The highest BCUT2D eigenvalue weighted by molar-refractivity contribution is 6.03. The van der Waals surface area contributed by atoms with Gasteiger partial charge in [-0.25, -0.2) is 13.6 Å².